The second kappa shape index (κ2) is 13.3. The summed E-state index contributed by atoms with van der Waals surface area (Å²) in [7, 11) is 0. The zero-order chi connectivity index (χ0) is 26.0. The molecule has 4 rings (SSSR count). The van der Waals surface area contributed by atoms with Crippen LogP contribution in [0.5, 0.6) is 11.5 Å². The highest BCUT2D eigenvalue weighted by Crippen LogP contribution is 2.28. The molecule has 2 aliphatic heterocycles. The van der Waals surface area contributed by atoms with Gasteiger partial charge in [-0.15, -0.1) is 0 Å². The molecule has 0 spiro atoms. The molecule has 0 saturated carbocycles. The molecule has 2 aliphatic rings. The van der Waals surface area contributed by atoms with Gasteiger partial charge in [-0.2, -0.15) is 0 Å². The Morgan fingerprint density at radius 1 is 0.800 bits per heavy atom. The first-order valence-electron chi connectivity index (χ1n) is 11.8. The van der Waals surface area contributed by atoms with Gasteiger partial charge in [-0.3, -0.25) is 0 Å². The first-order valence-corrected chi connectivity index (χ1v) is 11.8. The lowest BCUT2D eigenvalue weighted by molar-refractivity contribution is -0.140. The van der Waals surface area contributed by atoms with Crippen molar-refractivity contribution in [1.29, 1.82) is 0 Å². The number of hydrogen-bond acceptors (Lipinski definition) is 6. The molecular weight excluding hydrogens is 451 g/mol. The minimum Gasteiger partial charge on any atom is -0.490 e. The van der Waals surface area contributed by atoms with E-state index in [1.165, 1.54) is 6.07 Å². The maximum Gasteiger partial charge on any atom is 0.333 e. The third kappa shape index (κ3) is 7.44. The smallest absolute Gasteiger partial charge is 0.333 e. The molecule has 6 nitrogen and oxygen atoms in total. The van der Waals surface area contributed by atoms with Gasteiger partial charge in [0.2, 0.25) is 0 Å². The van der Waals surface area contributed by atoms with Gasteiger partial charge in [0, 0.05) is 24.0 Å². The van der Waals surface area contributed by atoms with Gasteiger partial charge in [-0.25, -0.2) is 14.0 Å². The number of halogens is 1. The van der Waals surface area contributed by atoms with E-state index in [-0.39, 0.29) is 31.0 Å². The minimum absolute atomic E-state index is 0.0662. The Morgan fingerprint density at radius 3 is 1.74 bits per heavy atom. The first kappa shape index (κ1) is 27.6. The van der Waals surface area contributed by atoms with Gasteiger partial charge in [0.25, 0.3) is 0 Å². The average Bonchev–Trinajstić information content (AvgIpc) is 3.38. The molecule has 2 heterocycles. The van der Waals surface area contributed by atoms with E-state index in [2.05, 4.69) is 13.2 Å². The Hall–Kier alpha value is -3.61. The van der Waals surface area contributed by atoms with Crippen molar-refractivity contribution >= 4 is 11.9 Å². The fourth-order valence-corrected chi connectivity index (χ4v) is 3.37. The summed E-state index contributed by atoms with van der Waals surface area (Å²) in [6.45, 7) is 15.6. The number of carbonyl (C=O) groups excluding carboxylic acids is 2. The third-order valence-electron chi connectivity index (χ3n) is 5.05. The van der Waals surface area contributed by atoms with Gasteiger partial charge >= 0.3 is 11.9 Å². The van der Waals surface area contributed by atoms with Crippen LogP contribution in [0.4, 0.5) is 4.39 Å². The van der Waals surface area contributed by atoms with Gasteiger partial charge in [-0.05, 0) is 35.4 Å². The van der Waals surface area contributed by atoms with Crippen molar-refractivity contribution in [2.45, 2.75) is 52.7 Å². The lowest BCUT2D eigenvalue weighted by Gasteiger charge is -2.13. The van der Waals surface area contributed by atoms with Crippen LogP contribution >= 0.6 is 0 Å². The van der Waals surface area contributed by atoms with Crippen LogP contribution in [0.2, 0.25) is 0 Å². The predicted octanol–water partition coefficient (Wildman–Crippen LogP) is 6.05. The molecule has 35 heavy (non-hydrogen) atoms. The van der Waals surface area contributed by atoms with Crippen molar-refractivity contribution in [3.8, 4) is 22.6 Å². The van der Waals surface area contributed by atoms with Crippen LogP contribution in [0, 0.1) is 5.82 Å². The molecule has 0 N–H and O–H groups in total. The summed E-state index contributed by atoms with van der Waals surface area (Å²) in [6, 6.07) is 11.8. The Labute approximate surface area is 206 Å². The van der Waals surface area contributed by atoms with Crippen LogP contribution in [-0.2, 0) is 19.1 Å². The van der Waals surface area contributed by atoms with Crippen LogP contribution < -0.4 is 9.47 Å². The molecule has 0 aliphatic carbocycles. The largest absolute Gasteiger partial charge is 0.490 e. The Kier molecular flexibility index (Phi) is 10.5. The summed E-state index contributed by atoms with van der Waals surface area (Å²) < 4.78 is 35.8. The molecule has 2 fully saturated rings. The SMILES string of the molecule is C=C1CC(COc2ccc(-c3ccc(OCC4CC(=C)C(=O)O4)c(F)c3)cc2)OC1=O.CC.CC. The second-order valence-corrected chi connectivity index (χ2v) is 7.46. The number of benzene rings is 2. The monoisotopic (exact) mass is 484 g/mol. The third-order valence-corrected chi connectivity index (χ3v) is 5.05. The van der Waals surface area contributed by atoms with Crippen LogP contribution in [0.15, 0.2) is 66.8 Å². The quantitative estimate of drug-likeness (QED) is 0.352. The normalized spacial score (nSPS) is 18.5. The van der Waals surface area contributed by atoms with Crippen LogP contribution in [0.3, 0.4) is 0 Å². The van der Waals surface area contributed by atoms with E-state index in [4.69, 9.17) is 18.9 Å². The Balaban J connectivity index is 0.00000103. The summed E-state index contributed by atoms with van der Waals surface area (Å²) in [5.41, 5.74) is 2.33. The molecule has 2 aromatic carbocycles. The zero-order valence-electron chi connectivity index (χ0n) is 20.8. The van der Waals surface area contributed by atoms with Crippen LogP contribution in [-0.4, -0.2) is 37.4 Å². The molecule has 0 amide bonds. The summed E-state index contributed by atoms with van der Waals surface area (Å²) >= 11 is 0. The van der Waals surface area contributed by atoms with E-state index in [0.29, 0.717) is 35.3 Å². The van der Waals surface area contributed by atoms with Crippen molar-refractivity contribution in [3.63, 3.8) is 0 Å². The van der Waals surface area contributed by atoms with Crippen molar-refractivity contribution in [2.24, 2.45) is 0 Å². The van der Waals surface area contributed by atoms with Crippen molar-refractivity contribution in [3.05, 3.63) is 72.6 Å². The highest BCUT2D eigenvalue weighted by Gasteiger charge is 2.28. The topological polar surface area (TPSA) is 71.1 Å². The highest BCUT2D eigenvalue weighted by molar-refractivity contribution is 5.90. The number of carbonyl (C=O) groups is 2. The Morgan fingerprint density at radius 2 is 1.29 bits per heavy atom. The van der Waals surface area contributed by atoms with Gasteiger partial charge in [0.15, 0.2) is 11.6 Å². The van der Waals surface area contributed by atoms with E-state index in [1.807, 2.05) is 39.8 Å². The standard InChI is InChI=1S/C24H21FO6.2C2H6/c1-14-9-19(30-23(14)26)12-28-18-6-3-16(4-7-18)17-5-8-22(21(25)11-17)29-13-20-10-15(2)24(27)31-20;2*1-2/h3-8,11,19-20H,1-2,9-10,12-13H2;2*1-2H3. The van der Waals surface area contributed by atoms with Crippen LogP contribution in [0.25, 0.3) is 11.1 Å². The predicted molar refractivity (Wildman–Crippen MR) is 133 cm³/mol. The number of rotatable bonds is 7. The van der Waals surface area contributed by atoms with Crippen molar-refractivity contribution < 1.29 is 32.9 Å². The van der Waals surface area contributed by atoms with Crippen LogP contribution in [0.1, 0.15) is 40.5 Å². The molecule has 0 radical (unpaired) electrons. The number of esters is 2. The summed E-state index contributed by atoms with van der Waals surface area (Å²) in [5.74, 6) is -0.626. The number of hydrogen-bond donors (Lipinski definition) is 0. The molecule has 0 aromatic heterocycles. The fourth-order valence-electron chi connectivity index (χ4n) is 3.37. The second-order valence-electron chi connectivity index (χ2n) is 7.46. The maximum absolute atomic E-state index is 14.5. The van der Waals surface area contributed by atoms with E-state index in [9.17, 15) is 14.0 Å². The molecule has 188 valence electrons. The average molecular weight is 485 g/mol. The van der Waals surface area contributed by atoms with Gasteiger partial charge in [0.1, 0.15) is 31.2 Å². The van der Waals surface area contributed by atoms with Gasteiger partial charge in [-0.1, -0.05) is 59.1 Å². The number of ether oxygens (including phenoxy) is 4. The molecular formula is C28H33FO6. The molecule has 0 bridgehead atoms. The first-order chi connectivity index (χ1) is 16.9. The van der Waals surface area contributed by atoms with Crippen molar-refractivity contribution in [2.75, 3.05) is 13.2 Å². The maximum atomic E-state index is 14.5. The lowest BCUT2D eigenvalue weighted by atomic mass is 10.1. The fraction of sp³-hybridized carbons (Fsp3) is 0.357. The molecule has 2 aromatic rings. The molecule has 2 atom stereocenters. The minimum atomic E-state index is -0.510. The summed E-state index contributed by atoms with van der Waals surface area (Å²) in [5, 5.41) is 0. The molecule has 2 unspecified atom stereocenters. The van der Waals surface area contributed by atoms with Gasteiger partial charge in [0.05, 0.1) is 0 Å². The zero-order valence-corrected chi connectivity index (χ0v) is 20.8. The molecule has 2 saturated heterocycles. The molecule has 7 heteroatoms. The van der Waals surface area contributed by atoms with E-state index in [1.54, 1.807) is 24.3 Å². The van der Waals surface area contributed by atoms with E-state index >= 15 is 0 Å². The summed E-state index contributed by atoms with van der Waals surface area (Å²) in [6.07, 6.45) is 0.0672. The Bertz CT molecular complexity index is 1010. The van der Waals surface area contributed by atoms with Gasteiger partial charge < -0.3 is 18.9 Å². The number of cyclic esters (lactones) is 2. The van der Waals surface area contributed by atoms with E-state index in [0.717, 1.165) is 5.56 Å². The summed E-state index contributed by atoms with van der Waals surface area (Å²) in [4.78, 5) is 22.7. The lowest BCUT2D eigenvalue weighted by Crippen LogP contribution is -2.17. The highest BCUT2D eigenvalue weighted by atomic mass is 19.1. The van der Waals surface area contributed by atoms with Crippen molar-refractivity contribution in [1.82, 2.24) is 0 Å². The van der Waals surface area contributed by atoms with E-state index < -0.39 is 17.9 Å².